The predicted octanol–water partition coefficient (Wildman–Crippen LogP) is 4.77. The molecule has 0 radical (unpaired) electrons. The number of rotatable bonds is 9. The molecule has 3 aromatic carbocycles. The number of fused-ring (bicyclic) bond motifs is 1. The van der Waals surface area contributed by atoms with E-state index >= 15 is 0 Å². The van der Waals surface area contributed by atoms with Gasteiger partial charge in [0.25, 0.3) is 0 Å². The van der Waals surface area contributed by atoms with E-state index in [4.69, 9.17) is 0 Å². The number of benzene rings is 3. The zero-order chi connectivity index (χ0) is 30.7. The third-order valence-electron chi connectivity index (χ3n) is 8.84. The number of hydrogen-bond acceptors (Lipinski definition) is 7. The van der Waals surface area contributed by atoms with Gasteiger partial charge in [0.15, 0.2) is 0 Å². The maximum absolute atomic E-state index is 13.3. The molecule has 232 valence electrons. The van der Waals surface area contributed by atoms with Gasteiger partial charge in [-0.05, 0) is 87.7 Å². The minimum Gasteiger partial charge on any atom is -0.369 e. The van der Waals surface area contributed by atoms with Gasteiger partial charge in [0.05, 0.1) is 22.0 Å². The van der Waals surface area contributed by atoms with Gasteiger partial charge >= 0.3 is 0 Å². The molecule has 11 heteroatoms. The molecule has 0 unspecified atom stereocenters. The summed E-state index contributed by atoms with van der Waals surface area (Å²) in [6.45, 7) is 6.12. The molecule has 10 nitrogen and oxygen atoms in total. The SMILES string of the molecule is C[C@@H](NC(=O)[C@H]1CC[C@H](NS(=O)(=O)c2ccc3[nH]c(Nc4ccc(N5CCN(C)CC5)cc4)nc3c2)CC1)c1ccccc1. The van der Waals surface area contributed by atoms with Crippen molar-refractivity contribution in [3.05, 3.63) is 78.4 Å². The highest BCUT2D eigenvalue weighted by Crippen LogP contribution is 2.28. The number of likely N-dealkylation sites (N-methyl/N-ethyl adjacent to an activating group) is 1. The fourth-order valence-corrected chi connectivity index (χ4v) is 7.41. The summed E-state index contributed by atoms with van der Waals surface area (Å²) < 4.78 is 29.4. The second-order valence-corrected chi connectivity index (χ2v) is 13.8. The van der Waals surface area contributed by atoms with Gasteiger partial charge in [-0.15, -0.1) is 0 Å². The second-order valence-electron chi connectivity index (χ2n) is 12.0. The molecule has 0 spiro atoms. The predicted molar refractivity (Wildman–Crippen MR) is 175 cm³/mol. The molecule has 44 heavy (non-hydrogen) atoms. The molecule has 1 amide bonds. The number of aromatic amines is 1. The zero-order valence-electron chi connectivity index (χ0n) is 25.3. The number of imidazole rings is 1. The lowest BCUT2D eigenvalue weighted by Gasteiger charge is -2.34. The topological polar surface area (TPSA) is 122 Å². The number of sulfonamides is 1. The van der Waals surface area contributed by atoms with Crippen LogP contribution in [-0.2, 0) is 14.8 Å². The first-order valence-corrected chi connectivity index (χ1v) is 16.9. The van der Waals surface area contributed by atoms with E-state index < -0.39 is 10.0 Å². The molecule has 1 saturated heterocycles. The fraction of sp³-hybridized carbons (Fsp3) is 0.394. The molecule has 1 aromatic heterocycles. The minimum absolute atomic E-state index is 0.0297. The van der Waals surface area contributed by atoms with E-state index in [1.807, 2.05) is 49.4 Å². The first-order valence-electron chi connectivity index (χ1n) is 15.4. The summed E-state index contributed by atoms with van der Waals surface area (Å²) in [7, 11) is -1.60. The number of carbonyl (C=O) groups excluding carboxylic acids is 1. The van der Waals surface area contributed by atoms with E-state index in [0.29, 0.717) is 37.1 Å². The highest BCUT2D eigenvalue weighted by Gasteiger charge is 2.30. The van der Waals surface area contributed by atoms with E-state index in [1.165, 1.54) is 5.69 Å². The van der Waals surface area contributed by atoms with E-state index in [1.54, 1.807) is 18.2 Å². The number of aromatic nitrogens is 2. The maximum Gasteiger partial charge on any atom is 0.240 e. The summed E-state index contributed by atoms with van der Waals surface area (Å²) in [5, 5.41) is 6.41. The summed E-state index contributed by atoms with van der Waals surface area (Å²) in [5.74, 6) is 0.464. The molecular weight excluding hydrogens is 574 g/mol. The van der Waals surface area contributed by atoms with Crippen LogP contribution in [0.3, 0.4) is 0 Å². The van der Waals surface area contributed by atoms with Gasteiger partial charge in [-0.2, -0.15) is 0 Å². The highest BCUT2D eigenvalue weighted by atomic mass is 32.2. The lowest BCUT2D eigenvalue weighted by molar-refractivity contribution is -0.126. The molecule has 2 aliphatic rings. The number of amides is 1. The summed E-state index contributed by atoms with van der Waals surface area (Å²) in [5.41, 5.74) is 4.48. The van der Waals surface area contributed by atoms with Gasteiger partial charge in [0.1, 0.15) is 0 Å². The Bertz CT molecular complexity index is 1680. The van der Waals surface area contributed by atoms with Crippen LogP contribution in [0.25, 0.3) is 11.0 Å². The Morgan fingerprint density at radius 2 is 1.64 bits per heavy atom. The van der Waals surface area contributed by atoms with Crippen molar-refractivity contribution in [2.45, 2.75) is 49.6 Å². The first-order chi connectivity index (χ1) is 21.2. The molecule has 0 bridgehead atoms. The van der Waals surface area contributed by atoms with Crippen molar-refractivity contribution in [3.63, 3.8) is 0 Å². The van der Waals surface area contributed by atoms with Crippen LogP contribution in [0.1, 0.15) is 44.2 Å². The standard InChI is InChI=1S/C33H41N7O3S/c1-23(24-6-4-3-5-7-24)34-32(41)25-8-10-27(11-9-25)38-44(42,43)29-16-17-30-31(22-29)37-33(36-30)35-26-12-14-28(15-13-26)40-20-18-39(2)19-21-40/h3-7,12-17,22-23,25,27,38H,8-11,18-21H2,1-2H3,(H,34,41)(H2,35,36,37)/t23-,25-,27-/m1/s1. The van der Waals surface area contributed by atoms with Crippen LogP contribution in [0.2, 0.25) is 0 Å². The van der Waals surface area contributed by atoms with Crippen LogP contribution in [0.4, 0.5) is 17.3 Å². The molecule has 1 aliphatic carbocycles. The molecule has 4 N–H and O–H groups in total. The van der Waals surface area contributed by atoms with Crippen LogP contribution >= 0.6 is 0 Å². The normalized spacial score (nSPS) is 20.4. The van der Waals surface area contributed by atoms with Crippen LogP contribution in [0.5, 0.6) is 0 Å². The summed E-state index contributed by atoms with van der Waals surface area (Å²) >= 11 is 0. The Kier molecular flexibility index (Phi) is 8.88. The molecule has 6 rings (SSSR count). The van der Waals surface area contributed by atoms with Gasteiger partial charge in [-0.3, -0.25) is 4.79 Å². The highest BCUT2D eigenvalue weighted by molar-refractivity contribution is 7.89. The van der Waals surface area contributed by atoms with Crippen molar-refractivity contribution >= 4 is 44.3 Å². The van der Waals surface area contributed by atoms with Crippen molar-refractivity contribution < 1.29 is 13.2 Å². The van der Waals surface area contributed by atoms with Crippen LogP contribution in [0, 0.1) is 5.92 Å². The Morgan fingerprint density at radius 3 is 2.34 bits per heavy atom. The number of anilines is 3. The molecule has 1 aliphatic heterocycles. The molecule has 1 atom stereocenters. The van der Waals surface area contributed by atoms with Crippen molar-refractivity contribution in [1.29, 1.82) is 0 Å². The minimum atomic E-state index is -3.75. The number of H-pyrrole nitrogens is 1. The number of hydrogen-bond donors (Lipinski definition) is 4. The average Bonchev–Trinajstić information content (AvgIpc) is 3.44. The molecule has 2 fully saturated rings. The number of carbonyl (C=O) groups is 1. The van der Waals surface area contributed by atoms with Crippen molar-refractivity contribution in [2.24, 2.45) is 5.92 Å². The third kappa shape index (κ3) is 7.06. The largest absolute Gasteiger partial charge is 0.369 e. The molecule has 4 aromatic rings. The first kappa shape index (κ1) is 30.1. The van der Waals surface area contributed by atoms with Gasteiger partial charge in [0.2, 0.25) is 21.9 Å². The van der Waals surface area contributed by atoms with Crippen LogP contribution in [0.15, 0.2) is 77.7 Å². The van der Waals surface area contributed by atoms with Crippen LogP contribution < -0.4 is 20.3 Å². The Hall–Kier alpha value is -3.93. The second kappa shape index (κ2) is 13.0. The smallest absolute Gasteiger partial charge is 0.240 e. The van der Waals surface area contributed by atoms with E-state index in [-0.39, 0.29) is 28.8 Å². The lowest BCUT2D eigenvalue weighted by atomic mass is 9.85. The van der Waals surface area contributed by atoms with E-state index in [9.17, 15) is 13.2 Å². The zero-order valence-corrected chi connectivity index (χ0v) is 26.1. The van der Waals surface area contributed by atoms with Gasteiger partial charge < -0.3 is 25.4 Å². The molecule has 2 heterocycles. The molecule has 1 saturated carbocycles. The Morgan fingerprint density at radius 1 is 0.932 bits per heavy atom. The average molecular weight is 616 g/mol. The van der Waals surface area contributed by atoms with E-state index in [2.05, 4.69) is 54.3 Å². The quantitative estimate of drug-likeness (QED) is 0.214. The Balaban J connectivity index is 1.03. The third-order valence-corrected chi connectivity index (χ3v) is 10.4. The van der Waals surface area contributed by atoms with Gasteiger partial charge in [-0.25, -0.2) is 18.1 Å². The van der Waals surface area contributed by atoms with Gasteiger partial charge in [-0.1, -0.05) is 30.3 Å². The summed E-state index contributed by atoms with van der Waals surface area (Å²) in [6, 6.07) is 22.8. The fourth-order valence-electron chi connectivity index (χ4n) is 6.09. The van der Waals surface area contributed by atoms with Gasteiger partial charge in [0, 0.05) is 49.5 Å². The number of piperazine rings is 1. The van der Waals surface area contributed by atoms with Crippen molar-refractivity contribution in [1.82, 2.24) is 24.9 Å². The Labute approximate surface area is 259 Å². The number of nitrogens with zero attached hydrogens (tertiary/aromatic N) is 3. The maximum atomic E-state index is 13.3. The number of nitrogens with one attached hydrogen (secondary N) is 4. The monoisotopic (exact) mass is 615 g/mol. The summed E-state index contributed by atoms with van der Waals surface area (Å²) in [4.78, 5) is 25.6. The van der Waals surface area contributed by atoms with E-state index in [0.717, 1.165) is 42.9 Å². The lowest BCUT2D eigenvalue weighted by Crippen LogP contribution is -2.44. The molecular formula is C33H41N7O3S. The summed E-state index contributed by atoms with van der Waals surface area (Å²) in [6.07, 6.45) is 2.52. The van der Waals surface area contributed by atoms with Crippen LogP contribution in [-0.4, -0.2) is 68.5 Å². The van der Waals surface area contributed by atoms with Crippen molar-refractivity contribution in [2.75, 3.05) is 43.4 Å². The van der Waals surface area contributed by atoms with Crippen molar-refractivity contribution in [3.8, 4) is 0 Å².